The molecule has 5 aromatic carbocycles. The van der Waals surface area contributed by atoms with Crippen LogP contribution >= 0.6 is 23.1 Å². The first-order valence-electron chi connectivity index (χ1n) is 20.5. The van der Waals surface area contributed by atoms with E-state index in [-0.39, 0.29) is 17.0 Å². The van der Waals surface area contributed by atoms with Gasteiger partial charge in [0.1, 0.15) is 28.3 Å². The van der Waals surface area contributed by atoms with E-state index in [1.807, 2.05) is 97.1 Å². The minimum atomic E-state index is -0.714. The number of carbonyl (C=O) groups is 4. The third-order valence-electron chi connectivity index (χ3n) is 10.8. The SMILES string of the molecule is COC(=O)c1c(NC(=O)C(Sc2cccc(NC(=O)/C(=C/c3ccc(OCc4ccccc4)cc3)NC(=O)c3ccccc3)c2)c2ccccc2)sc2c1CCC(C(C)(C)C)C2. The zero-order valence-electron chi connectivity index (χ0n) is 35.1. The lowest BCUT2D eigenvalue weighted by molar-refractivity contribution is -0.116. The predicted molar refractivity (Wildman–Crippen MR) is 248 cm³/mol. The minimum Gasteiger partial charge on any atom is -0.489 e. The van der Waals surface area contributed by atoms with Gasteiger partial charge in [-0.25, -0.2) is 4.79 Å². The number of hydrogen-bond donors (Lipinski definition) is 3. The van der Waals surface area contributed by atoms with Gasteiger partial charge in [-0.2, -0.15) is 0 Å². The maximum Gasteiger partial charge on any atom is 0.341 e. The quantitative estimate of drug-likeness (QED) is 0.0566. The van der Waals surface area contributed by atoms with Gasteiger partial charge in [0.15, 0.2) is 0 Å². The van der Waals surface area contributed by atoms with Crippen LogP contribution in [0.5, 0.6) is 5.75 Å². The van der Waals surface area contributed by atoms with E-state index in [0.29, 0.717) is 50.5 Å². The van der Waals surface area contributed by atoms with Crippen molar-refractivity contribution in [2.45, 2.75) is 56.8 Å². The first-order valence-corrected chi connectivity index (χ1v) is 22.2. The number of thiophene rings is 1. The van der Waals surface area contributed by atoms with Crippen molar-refractivity contribution in [3.8, 4) is 5.75 Å². The topological polar surface area (TPSA) is 123 Å². The molecule has 7 rings (SSSR count). The Labute approximate surface area is 371 Å². The van der Waals surface area contributed by atoms with Gasteiger partial charge >= 0.3 is 5.97 Å². The highest BCUT2D eigenvalue weighted by Gasteiger charge is 2.35. The number of carbonyl (C=O) groups excluding carboxylic acids is 4. The maximum atomic E-state index is 14.4. The van der Waals surface area contributed by atoms with Gasteiger partial charge in [-0.3, -0.25) is 14.4 Å². The van der Waals surface area contributed by atoms with Gasteiger partial charge in [0, 0.05) is 21.0 Å². The molecular formula is C51H49N3O6S2. The number of esters is 1. The number of fused-ring (bicyclic) bond motifs is 1. The largest absolute Gasteiger partial charge is 0.489 e. The second-order valence-corrected chi connectivity index (χ2v) is 18.4. The molecule has 6 aromatic rings. The maximum absolute atomic E-state index is 14.4. The fourth-order valence-corrected chi connectivity index (χ4v) is 9.70. The third kappa shape index (κ3) is 11.1. The van der Waals surface area contributed by atoms with E-state index < -0.39 is 23.0 Å². The molecule has 0 spiro atoms. The number of thioether (sulfide) groups is 1. The Kier molecular flexibility index (Phi) is 14.1. The Morgan fingerprint density at radius 2 is 1.50 bits per heavy atom. The van der Waals surface area contributed by atoms with Crippen LogP contribution in [0, 0.1) is 11.3 Å². The summed E-state index contributed by atoms with van der Waals surface area (Å²) in [6.45, 7) is 7.14. The Morgan fingerprint density at radius 1 is 0.823 bits per heavy atom. The summed E-state index contributed by atoms with van der Waals surface area (Å²) in [6, 6.07) is 42.4. The van der Waals surface area contributed by atoms with Crippen molar-refractivity contribution in [1.29, 1.82) is 0 Å². The molecule has 62 heavy (non-hydrogen) atoms. The van der Waals surface area contributed by atoms with Crippen LogP contribution in [0.2, 0.25) is 0 Å². The van der Waals surface area contributed by atoms with Crippen LogP contribution < -0.4 is 20.7 Å². The number of methoxy groups -OCH3 is 1. The lowest BCUT2D eigenvalue weighted by Crippen LogP contribution is -2.30. The Morgan fingerprint density at radius 3 is 2.18 bits per heavy atom. The van der Waals surface area contributed by atoms with E-state index in [9.17, 15) is 19.2 Å². The molecule has 3 amide bonds. The first-order chi connectivity index (χ1) is 29.9. The van der Waals surface area contributed by atoms with Crippen molar-refractivity contribution in [3.05, 3.63) is 183 Å². The Hall–Kier alpha value is -6.43. The normalized spacial score (nSPS) is 14.2. The summed E-state index contributed by atoms with van der Waals surface area (Å²) in [5.41, 5.74) is 4.88. The van der Waals surface area contributed by atoms with Gasteiger partial charge in [0.25, 0.3) is 11.8 Å². The molecule has 3 N–H and O–H groups in total. The van der Waals surface area contributed by atoms with Gasteiger partial charge in [-0.15, -0.1) is 23.1 Å². The molecule has 2 atom stereocenters. The lowest BCUT2D eigenvalue weighted by atomic mass is 9.72. The number of benzene rings is 5. The fraction of sp³-hybridized carbons (Fsp3) is 0.216. The van der Waals surface area contributed by atoms with Gasteiger partial charge in [-0.05, 0) is 101 Å². The average Bonchev–Trinajstić information content (AvgIpc) is 3.65. The lowest BCUT2D eigenvalue weighted by Gasteiger charge is -2.33. The number of hydrogen-bond acceptors (Lipinski definition) is 8. The van der Waals surface area contributed by atoms with Gasteiger partial charge in [-0.1, -0.05) is 118 Å². The second kappa shape index (κ2) is 20.0. The highest BCUT2D eigenvalue weighted by atomic mass is 32.2. The summed E-state index contributed by atoms with van der Waals surface area (Å²) >= 11 is 2.78. The standard InChI is InChI=1S/C51H49N3O6S2/c1-51(2,3)37-25-28-41-43(30-37)62-49(44(41)50(58)59-4)54-48(57)45(35-17-10-6-11-18-35)61-40-22-14-21-38(31-40)52-47(56)42(53-46(55)36-19-12-7-13-20-36)29-33-23-26-39(27-24-33)60-32-34-15-8-5-9-16-34/h5-24,26-27,29,31,37,45H,25,28,30,32H2,1-4H3,(H,52,56)(H,53,55)(H,54,57)/b42-29-. The molecule has 0 aliphatic heterocycles. The first kappa shape index (κ1) is 43.7. The zero-order valence-corrected chi connectivity index (χ0v) is 36.7. The van der Waals surface area contributed by atoms with Crippen molar-refractivity contribution < 1.29 is 28.7 Å². The van der Waals surface area contributed by atoms with Gasteiger partial charge in [0.2, 0.25) is 5.91 Å². The molecule has 1 aliphatic rings. The van der Waals surface area contributed by atoms with Crippen LogP contribution in [0.15, 0.2) is 150 Å². The zero-order chi connectivity index (χ0) is 43.6. The minimum absolute atomic E-state index is 0.0327. The van der Waals surface area contributed by atoms with Crippen LogP contribution in [-0.4, -0.2) is 30.8 Å². The molecule has 0 radical (unpaired) electrons. The summed E-state index contributed by atoms with van der Waals surface area (Å²) in [7, 11) is 1.36. The van der Waals surface area contributed by atoms with Crippen molar-refractivity contribution in [1.82, 2.24) is 5.32 Å². The molecular weight excluding hydrogens is 815 g/mol. The van der Waals surface area contributed by atoms with Crippen LogP contribution in [0.4, 0.5) is 10.7 Å². The van der Waals surface area contributed by atoms with Crippen molar-refractivity contribution in [2.24, 2.45) is 11.3 Å². The Balaban J connectivity index is 1.11. The van der Waals surface area contributed by atoms with Crippen molar-refractivity contribution in [3.63, 3.8) is 0 Å². The molecule has 316 valence electrons. The molecule has 11 heteroatoms. The molecule has 2 unspecified atom stereocenters. The van der Waals surface area contributed by atoms with Gasteiger partial charge in [0.05, 0.1) is 12.7 Å². The predicted octanol–water partition coefficient (Wildman–Crippen LogP) is 11.1. The van der Waals surface area contributed by atoms with Crippen LogP contribution in [0.1, 0.15) is 80.3 Å². The second-order valence-electron chi connectivity index (χ2n) is 16.1. The molecule has 1 aliphatic carbocycles. The molecule has 0 saturated heterocycles. The highest BCUT2D eigenvalue weighted by Crippen LogP contribution is 2.45. The van der Waals surface area contributed by atoms with E-state index in [4.69, 9.17) is 9.47 Å². The van der Waals surface area contributed by atoms with Crippen LogP contribution in [0.25, 0.3) is 6.08 Å². The molecule has 1 heterocycles. The van der Waals surface area contributed by atoms with E-state index >= 15 is 0 Å². The molecule has 9 nitrogen and oxygen atoms in total. The van der Waals surface area contributed by atoms with E-state index in [0.717, 1.165) is 40.8 Å². The number of ether oxygens (including phenoxy) is 2. The molecule has 0 bridgehead atoms. The van der Waals surface area contributed by atoms with Crippen molar-refractivity contribution >= 4 is 63.6 Å². The van der Waals surface area contributed by atoms with E-state index in [1.165, 1.54) is 30.2 Å². The summed E-state index contributed by atoms with van der Waals surface area (Å²) in [6.07, 6.45) is 4.14. The van der Waals surface area contributed by atoms with E-state index in [2.05, 4.69) is 36.7 Å². The number of nitrogens with one attached hydrogen (secondary N) is 3. The summed E-state index contributed by atoms with van der Waals surface area (Å²) in [5.74, 6) is -0.619. The summed E-state index contributed by atoms with van der Waals surface area (Å²) in [4.78, 5) is 56.8. The number of anilines is 2. The third-order valence-corrected chi connectivity index (χ3v) is 13.2. The van der Waals surface area contributed by atoms with Gasteiger partial charge < -0.3 is 25.4 Å². The smallest absolute Gasteiger partial charge is 0.341 e. The number of rotatable bonds is 14. The molecule has 0 fully saturated rings. The Bertz CT molecular complexity index is 2550. The van der Waals surface area contributed by atoms with E-state index in [1.54, 1.807) is 48.5 Å². The molecule has 0 saturated carbocycles. The summed E-state index contributed by atoms with van der Waals surface area (Å²) in [5, 5.41) is 8.66. The van der Waals surface area contributed by atoms with Crippen LogP contribution in [-0.2, 0) is 33.8 Å². The fourth-order valence-electron chi connectivity index (χ4n) is 7.30. The van der Waals surface area contributed by atoms with Crippen molar-refractivity contribution in [2.75, 3.05) is 17.7 Å². The highest BCUT2D eigenvalue weighted by molar-refractivity contribution is 8.00. The molecule has 1 aromatic heterocycles. The van der Waals surface area contributed by atoms with Crippen LogP contribution in [0.3, 0.4) is 0 Å². The summed E-state index contributed by atoms with van der Waals surface area (Å²) < 4.78 is 11.2. The average molecular weight is 864 g/mol. The monoisotopic (exact) mass is 863 g/mol. The number of amides is 3.